The summed E-state index contributed by atoms with van der Waals surface area (Å²) in [7, 11) is 3.97. The summed E-state index contributed by atoms with van der Waals surface area (Å²) in [6.45, 7) is 2.96. The third-order valence-corrected chi connectivity index (χ3v) is 5.90. The van der Waals surface area contributed by atoms with Crippen molar-refractivity contribution in [2.75, 3.05) is 38.7 Å². The van der Waals surface area contributed by atoms with Gasteiger partial charge < -0.3 is 9.64 Å². The van der Waals surface area contributed by atoms with Crippen molar-refractivity contribution >= 4 is 56.6 Å². The highest BCUT2D eigenvalue weighted by Gasteiger charge is 2.21. The standard InChI is InChI=1S/C21H23ClFN3O2S.ClH/c1-14-15(22)9-10-18-20(14)24-21(29-18)26(12-6-11-25(2)3)19(27)13-28-17-8-5-4-7-16(17)23;/h4-5,7-10H,6,11-13H2,1-3H3;1H. The van der Waals surface area contributed by atoms with Crippen LogP contribution in [0.25, 0.3) is 10.2 Å². The smallest absolute Gasteiger partial charge is 0.266 e. The van der Waals surface area contributed by atoms with Gasteiger partial charge in [0, 0.05) is 11.6 Å². The Morgan fingerprint density at radius 1 is 1.20 bits per heavy atom. The van der Waals surface area contributed by atoms with Crippen LogP contribution in [0.4, 0.5) is 9.52 Å². The van der Waals surface area contributed by atoms with Crippen LogP contribution in [0.15, 0.2) is 36.4 Å². The lowest BCUT2D eigenvalue weighted by Gasteiger charge is -2.21. The maximum Gasteiger partial charge on any atom is 0.266 e. The number of rotatable bonds is 8. The summed E-state index contributed by atoms with van der Waals surface area (Å²) in [4.78, 5) is 21.3. The Labute approximate surface area is 190 Å². The summed E-state index contributed by atoms with van der Waals surface area (Å²) in [5.41, 5.74) is 1.67. The number of amides is 1. The van der Waals surface area contributed by atoms with Crippen LogP contribution in [0, 0.1) is 12.7 Å². The molecule has 0 aliphatic rings. The molecule has 0 saturated carbocycles. The summed E-state index contributed by atoms with van der Waals surface area (Å²) < 4.78 is 20.2. The lowest BCUT2D eigenvalue weighted by molar-refractivity contribution is -0.120. The lowest BCUT2D eigenvalue weighted by atomic mass is 10.2. The van der Waals surface area contributed by atoms with Crippen molar-refractivity contribution in [3.63, 3.8) is 0 Å². The molecule has 0 saturated heterocycles. The first kappa shape index (κ1) is 24.3. The fraction of sp³-hybridized carbons (Fsp3) is 0.333. The second-order valence-electron chi connectivity index (χ2n) is 6.94. The monoisotopic (exact) mass is 471 g/mol. The molecule has 1 heterocycles. The molecule has 0 spiro atoms. The number of aryl methyl sites for hydroxylation is 1. The van der Waals surface area contributed by atoms with Crippen molar-refractivity contribution in [3.8, 4) is 5.75 Å². The van der Waals surface area contributed by atoms with Gasteiger partial charge in [-0.15, -0.1) is 12.4 Å². The molecule has 3 rings (SSSR count). The lowest BCUT2D eigenvalue weighted by Crippen LogP contribution is -2.37. The van der Waals surface area contributed by atoms with Crippen LogP contribution in [0.5, 0.6) is 5.75 Å². The number of anilines is 1. The molecule has 0 N–H and O–H groups in total. The Bertz CT molecular complexity index is 1010. The van der Waals surface area contributed by atoms with Gasteiger partial charge in [0.1, 0.15) is 0 Å². The number of para-hydroxylation sites is 1. The van der Waals surface area contributed by atoms with Crippen LogP contribution in [0.3, 0.4) is 0 Å². The van der Waals surface area contributed by atoms with E-state index in [-0.39, 0.29) is 30.7 Å². The predicted octanol–water partition coefficient (Wildman–Crippen LogP) is 5.18. The Balaban J connectivity index is 0.00000320. The molecule has 1 amide bonds. The SMILES string of the molecule is Cc1c(Cl)ccc2sc(N(CCCN(C)C)C(=O)COc3ccccc3F)nc12.Cl. The number of carbonyl (C=O) groups excluding carboxylic acids is 1. The summed E-state index contributed by atoms with van der Waals surface area (Å²) in [5, 5.41) is 1.23. The highest BCUT2D eigenvalue weighted by molar-refractivity contribution is 7.22. The van der Waals surface area contributed by atoms with Crippen LogP contribution in [0.2, 0.25) is 5.02 Å². The first-order chi connectivity index (χ1) is 13.9. The van der Waals surface area contributed by atoms with E-state index in [1.165, 1.54) is 23.5 Å². The van der Waals surface area contributed by atoms with Gasteiger partial charge >= 0.3 is 0 Å². The van der Waals surface area contributed by atoms with Crippen molar-refractivity contribution in [2.45, 2.75) is 13.3 Å². The van der Waals surface area contributed by atoms with E-state index in [4.69, 9.17) is 16.3 Å². The van der Waals surface area contributed by atoms with Crippen molar-refractivity contribution in [1.29, 1.82) is 0 Å². The molecule has 0 aliphatic carbocycles. The van der Waals surface area contributed by atoms with Gasteiger partial charge in [0.2, 0.25) is 0 Å². The van der Waals surface area contributed by atoms with Gasteiger partial charge in [-0.2, -0.15) is 0 Å². The molecule has 5 nitrogen and oxygen atoms in total. The van der Waals surface area contributed by atoms with Gasteiger partial charge in [-0.3, -0.25) is 9.69 Å². The third-order valence-electron chi connectivity index (χ3n) is 4.44. The Kier molecular flexibility index (Phi) is 8.85. The zero-order valence-electron chi connectivity index (χ0n) is 17.0. The summed E-state index contributed by atoms with van der Waals surface area (Å²) in [6, 6.07) is 9.78. The Morgan fingerprint density at radius 3 is 2.63 bits per heavy atom. The Hall–Kier alpha value is -1.93. The van der Waals surface area contributed by atoms with E-state index in [0.717, 1.165) is 28.7 Å². The number of nitrogens with zero attached hydrogens (tertiary/aromatic N) is 3. The molecule has 1 aromatic heterocycles. The van der Waals surface area contributed by atoms with Crippen molar-refractivity contribution in [2.24, 2.45) is 0 Å². The topological polar surface area (TPSA) is 45.7 Å². The number of hydrogen-bond donors (Lipinski definition) is 0. The Morgan fingerprint density at radius 2 is 1.93 bits per heavy atom. The average molecular weight is 472 g/mol. The van der Waals surface area contributed by atoms with Crippen LogP contribution in [-0.2, 0) is 4.79 Å². The number of halogens is 3. The minimum atomic E-state index is -0.496. The molecule has 0 radical (unpaired) electrons. The molecule has 9 heteroatoms. The van der Waals surface area contributed by atoms with Gasteiger partial charge in [0.25, 0.3) is 5.91 Å². The van der Waals surface area contributed by atoms with Crippen LogP contribution in [-0.4, -0.2) is 49.6 Å². The minimum Gasteiger partial charge on any atom is -0.481 e. The van der Waals surface area contributed by atoms with E-state index < -0.39 is 5.82 Å². The zero-order valence-corrected chi connectivity index (χ0v) is 19.4. The second kappa shape index (κ2) is 10.9. The van der Waals surface area contributed by atoms with Crippen molar-refractivity contribution < 1.29 is 13.9 Å². The third kappa shape index (κ3) is 5.82. The molecule has 2 aromatic carbocycles. The molecule has 0 unspecified atom stereocenters. The number of benzene rings is 2. The molecule has 3 aromatic rings. The van der Waals surface area contributed by atoms with E-state index in [1.54, 1.807) is 17.0 Å². The first-order valence-corrected chi connectivity index (χ1v) is 10.4. The van der Waals surface area contributed by atoms with Crippen molar-refractivity contribution in [3.05, 3.63) is 52.8 Å². The van der Waals surface area contributed by atoms with Gasteiger partial charge in [-0.05, 0) is 63.8 Å². The molecule has 0 fully saturated rings. The summed E-state index contributed by atoms with van der Waals surface area (Å²) >= 11 is 7.65. The van der Waals surface area contributed by atoms with E-state index in [0.29, 0.717) is 16.7 Å². The van der Waals surface area contributed by atoms with Gasteiger partial charge in [-0.1, -0.05) is 35.1 Å². The maximum absolute atomic E-state index is 13.8. The fourth-order valence-electron chi connectivity index (χ4n) is 2.86. The van der Waals surface area contributed by atoms with Crippen molar-refractivity contribution in [1.82, 2.24) is 9.88 Å². The van der Waals surface area contributed by atoms with E-state index in [9.17, 15) is 9.18 Å². The highest BCUT2D eigenvalue weighted by atomic mass is 35.5. The number of hydrogen-bond acceptors (Lipinski definition) is 5. The number of fused-ring (bicyclic) bond motifs is 1. The fourth-order valence-corrected chi connectivity index (χ4v) is 4.08. The molecule has 0 atom stereocenters. The summed E-state index contributed by atoms with van der Waals surface area (Å²) in [5.74, 6) is -0.708. The molecule has 30 heavy (non-hydrogen) atoms. The molecule has 0 aliphatic heterocycles. The largest absolute Gasteiger partial charge is 0.481 e. The quantitative estimate of drug-likeness (QED) is 0.453. The predicted molar refractivity (Wildman–Crippen MR) is 124 cm³/mol. The van der Waals surface area contributed by atoms with Gasteiger partial charge in [0.15, 0.2) is 23.3 Å². The van der Waals surface area contributed by atoms with E-state index in [1.807, 2.05) is 33.2 Å². The van der Waals surface area contributed by atoms with Crippen LogP contribution >= 0.6 is 35.3 Å². The number of thiazole rings is 1. The molecule has 0 bridgehead atoms. The minimum absolute atomic E-state index is 0. The van der Waals surface area contributed by atoms with E-state index in [2.05, 4.69) is 9.88 Å². The van der Waals surface area contributed by atoms with Crippen LogP contribution < -0.4 is 9.64 Å². The average Bonchev–Trinajstić information content (AvgIpc) is 3.12. The first-order valence-electron chi connectivity index (χ1n) is 9.25. The number of carbonyl (C=O) groups is 1. The second-order valence-corrected chi connectivity index (χ2v) is 8.35. The molecular formula is C21H24Cl2FN3O2S. The summed E-state index contributed by atoms with van der Waals surface area (Å²) in [6.07, 6.45) is 0.772. The zero-order chi connectivity index (χ0) is 21.0. The number of ether oxygens (including phenoxy) is 1. The highest BCUT2D eigenvalue weighted by Crippen LogP contribution is 2.33. The van der Waals surface area contributed by atoms with Gasteiger partial charge in [0.05, 0.1) is 10.2 Å². The normalized spacial score (nSPS) is 10.9. The van der Waals surface area contributed by atoms with Crippen LogP contribution in [0.1, 0.15) is 12.0 Å². The molecular weight excluding hydrogens is 448 g/mol. The van der Waals surface area contributed by atoms with Gasteiger partial charge in [-0.25, -0.2) is 9.37 Å². The number of aromatic nitrogens is 1. The molecule has 162 valence electrons. The maximum atomic E-state index is 13.8. The van der Waals surface area contributed by atoms with E-state index >= 15 is 0 Å².